The summed E-state index contributed by atoms with van der Waals surface area (Å²) in [5, 5.41) is 12.9. The lowest BCUT2D eigenvalue weighted by atomic mass is 9.97. The second-order valence-corrected chi connectivity index (χ2v) is 6.10. The first-order valence-electron chi connectivity index (χ1n) is 5.87. The van der Waals surface area contributed by atoms with Crippen molar-refractivity contribution in [3.8, 4) is 0 Å². The molecule has 0 aliphatic rings. The Balaban J connectivity index is 2.71. The number of amides is 1. The van der Waals surface area contributed by atoms with Crippen LogP contribution in [0.4, 0.5) is 0 Å². The summed E-state index contributed by atoms with van der Waals surface area (Å²) in [4.78, 5) is 12.0. The van der Waals surface area contributed by atoms with Crippen molar-refractivity contribution in [2.45, 2.75) is 32.3 Å². The molecule has 1 aromatic carbocycles. The fraction of sp³-hybridized carbons (Fsp3) is 0.462. The van der Waals surface area contributed by atoms with Crippen LogP contribution in [0.15, 0.2) is 27.1 Å². The molecule has 5 heteroatoms. The number of benzene rings is 1. The highest BCUT2D eigenvalue weighted by Gasteiger charge is 2.23. The van der Waals surface area contributed by atoms with Crippen molar-refractivity contribution in [1.29, 1.82) is 0 Å². The highest BCUT2D eigenvalue weighted by Crippen LogP contribution is 2.20. The van der Waals surface area contributed by atoms with Crippen molar-refractivity contribution in [3.05, 3.63) is 32.7 Å². The fourth-order valence-corrected chi connectivity index (χ4v) is 2.83. The number of rotatable bonds is 5. The van der Waals surface area contributed by atoms with Crippen LogP contribution in [0, 0.1) is 0 Å². The SMILES string of the molecule is CCC(O)(CC)CNC(=O)c1cc(Br)cc(Br)c1. The molecule has 0 aromatic heterocycles. The first-order chi connectivity index (χ1) is 8.40. The van der Waals surface area contributed by atoms with Crippen molar-refractivity contribution in [1.82, 2.24) is 5.32 Å². The summed E-state index contributed by atoms with van der Waals surface area (Å²) >= 11 is 6.68. The van der Waals surface area contributed by atoms with Gasteiger partial charge in [0, 0.05) is 21.1 Å². The van der Waals surface area contributed by atoms with Crippen LogP contribution in [0.2, 0.25) is 0 Å². The number of hydrogen-bond donors (Lipinski definition) is 2. The van der Waals surface area contributed by atoms with Crippen LogP contribution in [0.25, 0.3) is 0 Å². The zero-order valence-corrected chi connectivity index (χ0v) is 13.6. The maximum Gasteiger partial charge on any atom is 0.251 e. The summed E-state index contributed by atoms with van der Waals surface area (Å²) in [6, 6.07) is 5.36. The van der Waals surface area contributed by atoms with Gasteiger partial charge in [0.2, 0.25) is 0 Å². The molecule has 0 saturated carbocycles. The van der Waals surface area contributed by atoms with Gasteiger partial charge in [-0.15, -0.1) is 0 Å². The first-order valence-corrected chi connectivity index (χ1v) is 7.45. The van der Waals surface area contributed by atoms with Crippen LogP contribution in [-0.4, -0.2) is 23.2 Å². The molecular weight excluding hydrogens is 362 g/mol. The number of hydrogen-bond acceptors (Lipinski definition) is 2. The summed E-state index contributed by atoms with van der Waals surface area (Å²) in [7, 11) is 0. The molecule has 2 N–H and O–H groups in total. The molecule has 1 rings (SSSR count). The lowest BCUT2D eigenvalue weighted by Gasteiger charge is -2.25. The van der Waals surface area contributed by atoms with Crippen molar-refractivity contribution in [3.63, 3.8) is 0 Å². The molecule has 3 nitrogen and oxygen atoms in total. The van der Waals surface area contributed by atoms with Gasteiger partial charge >= 0.3 is 0 Å². The molecule has 0 aliphatic heterocycles. The summed E-state index contributed by atoms with van der Waals surface area (Å²) < 4.78 is 1.67. The van der Waals surface area contributed by atoms with Crippen molar-refractivity contribution >= 4 is 37.8 Å². The maximum atomic E-state index is 12.0. The minimum atomic E-state index is -0.821. The summed E-state index contributed by atoms with van der Waals surface area (Å²) in [5.41, 5.74) is -0.260. The molecule has 1 amide bonds. The van der Waals surface area contributed by atoms with Crippen LogP contribution in [0.1, 0.15) is 37.0 Å². The van der Waals surface area contributed by atoms with E-state index in [0.717, 1.165) is 8.95 Å². The molecule has 0 unspecified atom stereocenters. The Kier molecular flexibility index (Phi) is 5.82. The van der Waals surface area contributed by atoms with Gasteiger partial charge in [-0.1, -0.05) is 45.7 Å². The molecule has 0 radical (unpaired) electrons. The van der Waals surface area contributed by atoms with Gasteiger partial charge in [-0.3, -0.25) is 4.79 Å². The van der Waals surface area contributed by atoms with Crippen molar-refractivity contribution in [2.24, 2.45) is 0 Å². The lowest BCUT2D eigenvalue weighted by molar-refractivity contribution is 0.0314. The van der Waals surface area contributed by atoms with Gasteiger partial charge in [-0.25, -0.2) is 0 Å². The van der Waals surface area contributed by atoms with E-state index in [9.17, 15) is 9.90 Å². The Hall–Kier alpha value is -0.390. The highest BCUT2D eigenvalue weighted by molar-refractivity contribution is 9.11. The fourth-order valence-electron chi connectivity index (χ4n) is 1.53. The van der Waals surface area contributed by atoms with E-state index in [1.165, 1.54) is 0 Å². The number of carbonyl (C=O) groups excluding carboxylic acids is 1. The number of carbonyl (C=O) groups is 1. The molecule has 100 valence electrons. The third-order valence-corrected chi connectivity index (χ3v) is 3.93. The van der Waals surface area contributed by atoms with E-state index < -0.39 is 5.60 Å². The molecule has 1 aromatic rings. The summed E-state index contributed by atoms with van der Waals surface area (Å²) in [6.45, 7) is 4.08. The van der Waals surface area contributed by atoms with E-state index in [0.29, 0.717) is 18.4 Å². The Bertz CT molecular complexity index is 411. The third-order valence-electron chi connectivity index (χ3n) is 3.02. The van der Waals surface area contributed by atoms with Crippen LogP contribution in [0.5, 0.6) is 0 Å². The van der Waals surface area contributed by atoms with Crippen molar-refractivity contribution < 1.29 is 9.90 Å². The lowest BCUT2D eigenvalue weighted by Crippen LogP contribution is -2.42. The maximum absolute atomic E-state index is 12.0. The Morgan fingerprint density at radius 3 is 2.17 bits per heavy atom. The van der Waals surface area contributed by atoms with Gasteiger partial charge in [0.25, 0.3) is 5.91 Å². The Labute approximate surface area is 124 Å². The normalized spacial score (nSPS) is 11.4. The Morgan fingerprint density at radius 1 is 1.22 bits per heavy atom. The average Bonchev–Trinajstić information content (AvgIpc) is 2.34. The monoisotopic (exact) mass is 377 g/mol. The summed E-state index contributed by atoms with van der Waals surface area (Å²) in [5.74, 6) is -0.183. The second kappa shape index (κ2) is 6.68. The predicted octanol–water partition coefficient (Wildman–Crippen LogP) is 3.49. The molecule has 0 spiro atoms. The molecule has 0 bridgehead atoms. The Morgan fingerprint density at radius 2 is 1.72 bits per heavy atom. The summed E-state index contributed by atoms with van der Waals surface area (Å²) in [6.07, 6.45) is 1.23. The molecule has 0 atom stereocenters. The predicted molar refractivity (Wildman–Crippen MR) is 79.7 cm³/mol. The topological polar surface area (TPSA) is 49.3 Å². The zero-order chi connectivity index (χ0) is 13.8. The largest absolute Gasteiger partial charge is 0.388 e. The highest BCUT2D eigenvalue weighted by atomic mass is 79.9. The molecule has 0 fully saturated rings. The quantitative estimate of drug-likeness (QED) is 0.823. The number of halogens is 2. The smallest absolute Gasteiger partial charge is 0.251 e. The minimum absolute atomic E-state index is 0.183. The van der Waals surface area contributed by atoms with E-state index in [1.54, 1.807) is 12.1 Å². The minimum Gasteiger partial charge on any atom is -0.388 e. The van der Waals surface area contributed by atoms with Crippen molar-refractivity contribution in [2.75, 3.05) is 6.54 Å². The molecule has 18 heavy (non-hydrogen) atoms. The number of aliphatic hydroxyl groups is 1. The molecule has 0 saturated heterocycles. The molecule has 0 aliphatic carbocycles. The second-order valence-electron chi connectivity index (χ2n) is 4.27. The van der Waals surface area contributed by atoms with E-state index in [4.69, 9.17) is 0 Å². The van der Waals surface area contributed by atoms with E-state index in [2.05, 4.69) is 37.2 Å². The first kappa shape index (κ1) is 15.7. The van der Waals surface area contributed by atoms with Crippen LogP contribution >= 0.6 is 31.9 Å². The molecular formula is C13H17Br2NO2. The van der Waals surface area contributed by atoms with Gasteiger partial charge < -0.3 is 10.4 Å². The standard InChI is InChI=1S/C13H17Br2NO2/c1-3-13(18,4-2)8-16-12(17)9-5-10(14)7-11(15)6-9/h5-7,18H,3-4,8H2,1-2H3,(H,16,17). The van der Waals surface area contributed by atoms with Crippen LogP contribution in [0.3, 0.4) is 0 Å². The van der Waals surface area contributed by atoms with Crippen LogP contribution in [-0.2, 0) is 0 Å². The number of nitrogens with one attached hydrogen (secondary N) is 1. The third kappa shape index (κ3) is 4.37. The van der Waals surface area contributed by atoms with E-state index in [-0.39, 0.29) is 12.5 Å². The van der Waals surface area contributed by atoms with E-state index >= 15 is 0 Å². The zero-order valence-electron chi connectivity index (χ0n) is 10.5. The average molecular weight is 379 g/mol. The van der Waals surface area contributed by atoms with Gasteiger partial charge in [0.1, 0.15) is 0 Å². The van der Waals surface area contributed by atoms with Crippen LogP contribution < -0.4 is 5.32 Å². The van der Waals surface area contributed by atoms with E-state index in [1.807, 2.05) is 19.9 Å². The van der Waals surface area contributed by atoms with Gasteiger partial charge in [-0.2, -0.15) is 0 Å². The van der Waals surface area contributed by atoms with Gasteiger partial charge in [0.15, 0.2) is 0 Å². The van der Waals surface area contributed by atoms with Gasteiger partial charge in [-0.05, 0) is 31.0 Å². The van der Waals surface area contributed by atoms with Gasteiger partial charge in [0.05, 0.1) is 5.60 Å². The molecule has 0 heterocycles.